The van der Waals surface area contributed by atoms with Crippen LogP contribution in [0.3, 0.4) is 0 Å². The lowest BCUT2D eigenvalue weighted by atomic mass is 10.0. The Bertz CT molecular complexity index is 971. The highest BCUT2D eigenvalue weighted by atomic mass is 32.2. The summed E-state index contributed by atoms with van der Waals surface area (Å²) in [5, 5.41) is 3.09. The van der Waals surface area contributed by atoms with Crippen LogP contribution >= 0.6 is 23.5 Å². The monoisotopic (exact) mass is 487 g/mol. The molecule has 6 nitrogen and oxygen atoms in total. The number of amides is 2. The molecule has 2 amide bonds. The first-order valence-electron chi connectivity index (χ1n) is 11.6. The van der Waals surface area contributed by atoms with Crippen LogP contribution in [0.15, 0.2) is 42.6 Å². The van der Waals surface area contributed by atoms with Crippen LogP contribution in [0, 0.1) is 0 Å². The fraction of sp³-hybridized carbons (Fsp3) is 0.520. The third-order valence-electron chi connectivity index (χ3n) is 5.76. The summed E-state index contributed by atoms with van der Waals surface area (Å²) in [5.74, 6) is 2.28. The van der Waals surface area contributed by atoms with E-state index >= 15 is 0 Å². The number of ether oxygens (including phenoxy) is 1. The number of hydrogen-bond acceptors (Lipinski definition) is 5. The summed E-state index contributed by atoms with van der Waals surface area (Å²) in [5.41, 5.74) is 2.24. The molecule has 1 N–H and O–H groups in total. The first kappa shape index (κ1) is 24.1. The molecule has 0 bridgehead atoms. The molecule has 2 aliphatic heterocycles. The number of aromatic nitrogens is 1. The van der Waals surface area contributed by atoms with E-state index in [-0.39, 0.29) is 18.0 Å². The highest BCUT2D eigenvalue weighted by molar-refractivity contribution is 8.16. The Hall–Kier alpha value is -2.06. The molecule has 178 valence electrons. The van der Waals surface area contributed by atoms with Gasteiger partial charge in [-0.2, -0.15) is 0 Å². The molecule has 0 radical (unpaired) electrons. The zero-order chi connectivity index (χ0) is 23.4. The van der Waals surface area contributed by atoms with Gasteiger partial charge in [0.1, 0.15) is 11.3 Å². The van der Waals surface area contributed by atoms with Gasteiger partial charge in [0.05, 0.1) is 4.58 Å². The fourth-order valence-corrected chi connectivity index (χ4v) is 7.07. The number of carbonyl (C=O) groups is 2. The van der Waals surface area contributed by atoms with Crippen LogP contribution in [0.5, 0.6) is 0 Å². The average Bonchev–Trinajstić information content (AvgIpc) is 3.29. The topological polar surface area (TPSA) is 63.6 Å². The number of piperidine rings is 1. The van der Waals surface area contributed by atoms with Gasteiger partial charge in [-0.25, -0.2) is 4.79 Å². The van der Waals surface area contributed by atoms with Crippen LogP contribution in [-0.4, -0.2) is 51.7 Å². The van der Waals surface area contributed by atoms with Crippen molar-refractivity contribution in [1.29, 1.82) is 0 Å². The van der Waals surface area contributed by atoms with Gasteiger partial charge in [-0.15, -0.1) is 23.5 Å². The number of likely N-dealkylation sites (tertiary alicyclic amines) is 1. The molecule has 8 heteroatoms. The minimum absolute atomic E-state index is 0.101. The van der Waals surface area contributed by atoms with Gasteiger partial charge in [-0.05, 0) is 81.4 Å². The number of carbonyl (C=O) groups excluding carboxylic acids is 2. The SMILES string of the molecule is CC(C)(C)OC(=O)N1CCC(n2cccc2C(=O)Nc2cccc(C3SCCCS3)c2)CC1. The minimum Gasteiger partial charge on any atom is -0.444 e. The van der Waals surface area contributed by atoms with Crippen LogP contribution in [0.25, 0.3) is 0 Å². The second-order valence-electron chi connectivity index (χ2n) is 9.51. The van der Waals surface area contributed by atoms with Gasteiger partial charge in [-0.1, -0.05) is 12.1 Å². The lowest BCUT2D eigenvalue weighted by Gasteiger charge is -2.34. The molecular formula is C25H33N3O3S2. The number of nitrogens with zero attached hydrogens (tertiary/aromatic N) is 2. The van der Waals surface area contributed by atoms with Gasteiger partial charge in [0, 0.05) is 31.0 Å². The van der Waals surface area contributed by atoms with Crippen molar-refractivity contribution in [2.75, 3.05) is 29.9 Å². The van der Waals surface area contributed by atoms with Crippen LogP contribution in [-0.2, 0) is 4.74 Å². The lowest BCUT2D eigenvalue weighted by Crippen LogP contribution is -2.42. The second kappa shape index (κ2) is 10.5. The molecule has 0 saturated carbocycles. The third kappa shape index (κ3) is 6.29. The molecule has 2 fully saturated rings. The first-order valence-corrected chi connectivity index (χ1v) is 13.7. The Morgan fingerprint density at radius 3 is 2.48 bits per heavy atom. The van der Waals surface area contributed by atoms with Gasteiger partial charge in [0.15, 0.2) is 0 Å². The van der Waals surface area contributed by atoms with E-state index in [1.807, 2.05) is 74.8 Å². The largest absolute Gasteiger partial charge is 0.444 e. The molecule has 2 aliphatic rings. The first-order chi connectivity index (χ1) is 15.8. The van der Waals surface area contributed by atoms with E-state index < -0.39 is 5.60 Å². The van der Waals surface area contributed by atoms with Gasteiger partial charge < -0.3 is 19.5 Å². The Balaban J connectivity index is 1.38. The maximum Gasteiger partial charge on any atom is 0.410 e. The summed E-state index contributed by atoms with van der Waals surface area (Å²) in [6.45, 7) is 6.88. The molecule has 0 atom stereocenters. The predicted octanol–water partition coefficient (Wildman–Crippen LogP) is 6.18. The molecule has 4 rings (SSSR count). The van der Waals surface area contributed by atoms with Crippen molar-refractivity contribution in [1.82, 2.24) is 9.47 Å². The predicted molar refractivity (Wildman–Crippen MR) is 137 cm³/mol. The molecule has 0 unspecified atom stereocenters. The van der Waals surface area contributed by atoms with E-state index in [4.69, 9.17) is 4.74 Å². The molecule has 2 aromatic rings. The summed E-state index contributed by atoms with van der Waals surface area (Å²) in [6, 6.07) is 12.2. The molecular weight excluding hydrogens is 454 g/mol. The van der Waals surface area contributed by atoms with E-state index in [0.717, 1.165) is 18.5 Å². The smallest absolute Gasteiger partial charge is 0.410 e. The number of anilines is 1. The van der Waals surface area contributed by atoms with Crippen molar-refractivity contribution >= 4 is 41.2 Å². The Labute approximate surface area is 204 Å². The molecule has 0 spiro atoms. The van der Waals surface area contributed by atoms with Crippen LogP contribution in [0.4, 0.5) is 10.5 Å². The van der Waals surface area contributed by atoms with Gasteiger partial charge in [0.2, 0.25) is 0 Å². The normalized spacial score (nSPS) is 18.2. The van der Waals surface area contributed by atoms with Gasteiger partial charge in [0.25, 0.3) is 5.91 Å². The molecule has 0 aliphatic carbocycles. The number of rotatable bonds is 4. The highest BCUT2D eigenvalue weighted by Gasteiger charge is 2.29. The maximum absolute atomic E-state index is 13.1. The van der Waals surface area contributed by atoms with E-state index in [2.05, 4.69) is 22.0 Å². The van der Waals surface area contributed by atoms with Crippen molar-refractivity contribution < 1.29 is 14.3 Å². The Morgan fingerprint density at radius 2 is 1.79 bits per heavy atom. The quantitative estimate of drug-likeness (QED) is 0.558. The summed E-state index contributed by atoms with van der Waals surface area (Å²) in [4.78, 5) is 27.2. The van der Waals surface area contributed by atoms with Crippen molar-refractivity contribution in [3.63, 3.8) is 0 Å². The van der Waals surface area contributed by atoms with E-state index in [1.165, 1.54) is 23.5 Å². The summed E-state index contributed by atoms with van der Waals surface area (Å²) in [7, 11) is 0. The summed E-state index contributed by atoms with van der Waals surface area (Å²) in [6.07, 6.45) is 4.55. The minimum atomic E-state index is -0.495. The standard InChI is InChI=1S/C25H33N3O3S2/c1-25(2,3)31-24(30)27-13-10-20(11-14-27)28-12-5-9-21(28)22(29)26-19-8-4-7-18(17-19)23-32-15-6-16-33-23/h4-5,7-9,12,17,20,23H,6,10-11,13-16H2,1-3H3,(H,26,29). The van der Waals surface area contributed by atoms with Crippen molar-refractivity contribution in [2.45, 2.75) is 56.3 Å². The average molecular weight is 488 g/mol. The van der Waals surface area contributed by atoms with E-state index in [0.29, 0.717) is 23.4 Å². The third-order valence-corrected chi connectivity index (χ3v) is 8.78. The summed E-state index contributed by atoms with van der Waals surface area (Å²) < 4.78 is 7.99. The van der Waals surface area contributed by atoms with E-state index in [1.54, 1.807) is 4.90 Å². The Kier molecular flexibility index (Phi) is 7.64. The van der Waals surface area contributed by atoms with E-state index in [9.17, 15) is 9.59 Å². The van der Waals surface area contributed by atoms with Gasteiger partial charge in [-0.3, -0.25) is 4.79 Å². The number of thioether (sulfide) groups is 2. The fourth-order valence-electron chi connectivity index (χ4n) is 4.20. The number of nitrogens with one attached hydrogen (secondary N) is 1. The van der Waals surface area contributed by atoms with Crippen molar-refractivity contribution in [3.8, 4) is 0 Å². The zero-order valence-corrected chi connectivity index (χ0v) is 21.2. The van der Waals surface area contributed by atoms with Crippen LogP contribution in [0.2, 0.25) is 0 Å². The molecule has 1 aromatic carbocycles. The van der Waals surface area contributed by atoms with Crippen molar-refractivity contribution in [3.05, 3.63) is 53.9 Å². The number of hydrogen-bond donors (Lipinski definition) is 1. The molecule has 33 heavy (non-hydrogen) atoms. The Morgan fingerprint density at radius 1 is 1.06 bits per heavy atom. The van der Waals surface area contributed by atoms with Gasteiger partial charge >= 0.3 is 6.09 Å². The number of benzene rings is 1. The zero-order valence-electron chi connectivity index (χ0n) is 19.6. The second-order valence-corrected chi connectivity index (χ2v) is 12.2. The highest BCUT2D eigenvalue weighted by Crippen LogP contribution is 2.44. The molecule has 3 heterocycles. The molecule has 2 saturated heterocycles. The maximum atomic E-state index is 13.1. The van der Waals surface area contributed by atoms with Crippen LogP contribution < -0.4 is 5.32 Å². The molecule has 1 aromatic heterocycles. The van der Waals surface area contributed by atoms with Crippen LogP contribution in [0.1, 0.15) is 66.7 Å². The summed E-state index contributed by atoms with van der Waals surface area (Å²) >= 11 is 3.95. The lowest BCUT2D eigenvalue weighted by molar-refractivity contribution is 0.0187. The van der Waals surface area contributed by atoms with Crippen molar-refractivity contribution in [2.24, 2.45) is 0 Å².